The van der Waals surface area contributed by atoms with Gasteiger partial charge in [0.25, 0.3) is 10.0 Å². The summed E-state index contributed by atoms with van der Waals surface area (Å²) in [6, 6.07) is 12.6. The Labute approximate surface area is 164 Å². The van der Waals surface area contributed by atoms with Gasteiger partial charge < -0.3 is 10.6 Å². The Bertz CT molecular complexity index is 990. The van der Waals surface area contributed by atoms with Gasteiger partial charge in [-0.25, -0.2) is 17.5 Å². The molecular weight excluding hydrogens is 378 g/mol. The molecule has 7 nitrogen and oxygen atoms in total. The fraction of sp³-hybridized carbons (Fsp3) is 0.300. The maximum absolute atomic E-state index is 13.0. The first-order chi connectivity index (χ1) is 13.3. The molecule has 0 radical (unpaired) electrons. The van der Waals surface area contributed by atoms with Crippen molar-refractivity contribution in [1.82, 2.24) is 9.62 Å². The van der Waals surface area contributed by atoms with Crippen LogP contribution in [0.1, 0.15) is 36.9 Å². The number of rotatable bonds is 6. The summed E-state index contributed by atoms with van der Waals surface area (Å²) in [5.74, 6) is -0.120. The zero-order chi connectivity index (χ0) is 20.3. The smallest absolute Gasteiger partial charge is 0.328 e. The molecule has 148 valence electrons. The third kappa shape index (κ3) is 4.01. The van der Waals surface area contributed by atoms with E-state index in [1.165, 1.54) is 12.1 Å². The number of nitrogens with one attached hydrogen (secondary N) is 2. The summed E-state index contributed by atoms with van der Waals surface area (Å²) in [6.07, 6.45) is 1.12. The maximum atomic E-state index is 13.0. The number of amides is 3. The molecule has 1 saturated heterocycles. The minimum absolute atomic E-state index is 0.0161. The Kier molecular flexibility index (Phi) is 5.69. The number of hydrogen-bond acceptors (Lipinski definition) is 4. The van der Waals surface area contributed by atoms with Gasteiger partial charge in [-0.15, -0.1) is 0 Å². The first kappa shape index (κ1) is 19.9. The van der Waals surface area contributed by atoms with Crippen molar-refractivity contribution >= 4 is 27.6 Å². The summed E-state index contributed by atoms with van der Waals surface area (Å²) < 4.78 is 26.8. The van der Waals surface area contributed by atoms with E-state index in [4.69, 9.17) is 0 Å². The largest absolute Gasteiger partial charge is 0.331 e. The lowest BCUT2D eigenvalue weighted by molar-refractivity contribution is -0.116. The Morgan fingerprint density at radius 3 is 2.57 bits per heavy atom. The van der Waals surface area contributed by atoms with Crippen LogP contribution in [-0.2, 0) is 14.8 Å². The molecule has 28 heavy (non-hydrogen) atoms. The highest BCUT2D eigenvalue weighted by Crippen LogP contribution is 2.28. The number of aryl methyl sites for hydroxylation is 1. The van der Waals surface area contributed by atoms with Crippen molar-refractivity contribution in [3.8, 4) is 0 Å². The second-order valence-electron chi connectivity index (χ2n) is 6.72. The quantitative estimate of drug-likeness (QED) is 0.777. The Morgan fingerprint density at radius 1 is 1.21 bits per heavy atom. The molecule has 2 N–H and O–H groups in total. The van der Waals surface area contributed by atoms with Crippen molar-refractivity contribution in [2.45, 2.75) is 37.6 Å². The number of hydrogen-bond donors (Lipinski definition) is 2. The lowest BCUT2D eigenvalue weighted by Crippen LogP contribution is -2.34. The Hall–Kier alpha value is -2.87. The molecular formula is C20H23N3O4S. The van der Waals surface area contributed by atoms with Gasteiger partial charge in [0.05, 0.1) is 17.5 Å². The summed E-state index contributed by atoms with van der Waals surface area (Å²) in [5, 5.41) is 5.48. The van der Waals surface area contributed by atoms with E-state index in [0.717, 1.165) is 16.3 Å². The van der Waals surface area contributed by atoms with E-state index in [1.807, 2.05) is 37.3 Å². The van der Waals surface area contributed by atoms with Gasteiger partial charge in [-0.05, 0) is 42.7 Å². The van der Waals surface area contributed by atoms with Gasteiger partial charge in [0.15, 0.2) is 0 Å². The molecule has 3 amide bonds. The van der Waals surface area contributed by atoms with Gasteiger partial charge in [0.2, 0.25) is 5.91 Å². The van der Waals surface area contributed by atoms with Crippen LogP contribution >= 0.6 is 0 Å². The van der Waals surface area contributed by atoms with Crippen molar-refractivity contribution < 1.29 is 18.0 Å². The molecule has 2 aromatic carbocycles. The molecule has 1 heterocycles. The standard InChI is InChI=1S/C20H23N3O4S/c1-3-7-19(24)21-17-11-10-16(12-14(17)2)28(26,27)23-13-18(22-20(23)25)15-8-5-4-6-9-15/h4-6,8-12,18H,3,7,13H2,1-2H3,(H,21,24)(H,22,25)/t18-/m1/s1. The molecule has 8 heteroatoms. The predicted octanol–water partition coefficient (Wildman–Crippen LogP) is 3.19. The second kappa shape index (κ2) is 8.02. The minimum atomic E-state index is -4.00. The zero-order valence-electron chi connectivity index (χ0n) is 15.8. The molecule has 1 aliphatic rings. The second-order valence-corrected chi connectivity index (χ2v) is 8.59. The van der Waals surface area contributed by atoms with Crippen LogP contribution in [0, 0.1) is 6.92 Å². The SMILES string of the molecule is CCCC(=O)Nc1ccc(S(=O)(=O)N2C[C@H](c3ccccc3)NC2=O)cc1C. The lowest BCUT2D eigenvalue weighted by atomic mass is 10.1. The van der Waals surface area contributed by atoms with Crippen molar-refractivity contribution in [3.05, 3.63) is 59.7 Å². The highest BCUT2D eigenvalue weighted by molar-refractivity contribution is 7.89. The number of sulfonamides is 1. The Morgan fingerprint density at radius 2 is 1.93 bits per heavy atom. The summed E-state index contributed by atoms with van der Waals surface area (Å²) >= 11 is 0. The lowest BCUT2D eigenvalue weighted by Gasteiger charge is -2.17. The van der Waals surface area contributed by atoms with Crippen LogP contribution < -0.4 is 10.6 Å². The highest BCUT2D eigenvalue weighted by Gasteiger charge is 2.38. The number of anilines is 1. The molecule has 0 aromatic heterocycles. The zero-order valence-corrected chi connectivity index (χ0v) is 16.6. The Balaban J connectivity index is 1.82. The first-order valence-corrected chi connectivity index (χ1v) is 10.6. The monoisotopic (exact) mass is 401 g/mol. The van der Waals surface area contributed by atoms with Gasteiger partial charge >= 0.3 is 6.03 Å². The summed E-state index contributed by atoms with van der Waals surface area (Å²) in [4.78, 5) is 24.1. The van der Waals surface area contributed by atoms with Gasteiger partial charge in [-0.3, -0.25) is 4.79 Å². The van der Waals surface area contributed by atoms with E-state index in [-0.39, 0.29) is 17.3 Å². The van der Waals surface area contributed by atoms with Crippen LogP contribution in [0.25, 0.3) is 0 Å². The van der Waals surface area contributed by atoms with Gasteiger partial charge in [-0.1, -0.05) is 37.3 Å². The molecule has 1 fully saturated rings. The average Bonchev–Trinajstić information content (AvgIpc) is 3.07. The van der Waals surface area contributed by atoms with E-state index in [1.54, 1.807) is 13.0 Å². The van der Waals surface area contributed by atoms with E-state index < -0.39 is 22.1 Å². The molecule has 0 bridgehead atoms. The molecule has 1 aliphatic heterocycles. The normalized spacial score (nSPS) is 16.7. The van der Waals surface area contributed by atoms with Crippen molar-refractivity contribution in [1.29, 1.82) is 0 Å². The van der Waals surface area contributed by atoms with E-state index in [2.05, 4.69) is 10.6 Å². The summed E-state index contributed by atoms with van der Waals surface area (Å²) in [7, 11) is -4.00. The van der Waals surface area contributed by atoms with E-state index >= 15 is 0 Å². The number of benzene rings is 2. The molecule has 0 unspecified atom stereocenters. The van der Waals surface area contributed by atoms with Crippen LogP contribution in [0.3, 0.4) is 0 Å². The van der Waals surface area contributed by atoms with Crippen LogP contribution in [0.15, 0.2) is 53.4 Å². The van der Waals surface area contributed by atoms with Crippen molar-refractivity contribution in [2.75, 3.05) is 11.9 Å². The molecule has 0 aliphatic carbocycles. The maximum Gasteiger partial charge on any atom is 0.331 e. The van der Waals surface area contributed by atoms with Gasteiger partial charge in [0, 0.05) is 12.1 Å². The predicted molar refractivity (Wildman–Crippen MR) is 106 cm³/mol. The molecule has 0 spiro atoms. The third-order valence-electron chi connectivity index (χ3n) is 4.61. The third-order valence-corrected chi connectivity index (χ3v) is 6.36. The molecule has 3 rings (SSSR count). The fourth-order valence-corrected chi connectivity index (χ4v) is 4.54. The van der Waals surface area contributed by atoms with Crippen molar-refractivity contribution in [2.24, 2.45) is 0 Å². The number of urea groups is 1. The molecule has 1 atom stereocenters. The van der Waals surface area contributed by atoms with Crippen LogP contribution in [0.4, 0.5) is 10.5 Å². The number of carbonyl (C=O) groups excluding carboxylic acids is 2. The average molecular weight is 401 g/mol. The minimum Gasteiger partial charge on any atom is -0.328 e. The van der Waals surface area contributed by atoms with Crippen LogP contribution in [0.5, 0.6) is 0 Å². The summed E-state index contributed by atoms with van der Waals surface area (Å²) in [6.45, 7) is 3.66. The van der Waals surface area contributed by atoms with Gasteiger partial charge in [-0.2, -0.15) is 0 Å². The molecule has 0 saturated carbocycles. The van der Waals surface area contributed by atoms with Crippen LogP contribution in [0.2, 0.25) is 0 Å². The van der Waals surface area contributed by atoms with E-state index in [9.17, 15) is 18.0 Å². The molecule has 2 aromatic rings. The fourth-order valence-electron chi connectivity index (χ4n) is 3.10. The number of nitrogens with zero attached hydrogens (tertiary/aromatic N) is 1. The van der Waals surface area contributed by atoms with Crippen LogP contribution in [-0.4, -0.2) is 31.2 Å². The first-order valence-electron chi connectivity index (χ1n) is 9.11. The van der Waals surface area contributed by atoms with E-state index in [0.29, 0.717) is 17.7 Å². The summed E-state index contributed by atoms with van der Waals surface area (Å²) in [5.41, 5.74) is 2.02. The van der Waals surface area contributed by atoms with Gasteiger partial charge in [0.1, 0.15) is 0 Å². The van der Waals surface area contributed by atoms with Crippen molar-refractivity contribution in [3.63, 3.8) is 0 Å². The number of carbonyl (C=O) groups is 2. The highest BCUT2D eigenvalue weighted by atomic mass is 32.2. The topological polar surface area (TPSA) is 95.6 Å².